The fraction of sp³-hybridized carbons (Fsp3) is 0.500. The normalized spacial score (nSPS) is 29.8. The summed E-state index contributed by atoms with van der Waals surface area (Å²) >= 11 is 1.17. The van der Waals surface area contributed by atoms with Gasteiger partial charge in [-0.25, -0.2) is 4.98 Å². The molecular formula is C14H18N2O4S. The summed E-state index contributed by atoms with van der Waals surface area (Å²) in [5, 5.41) is 29.7. The lowest BCUT2D eigenvalue weighted by atomic mass is 10.1. The summed E-state index contributed by atoms with van der Waals surface area (Å²) in [4.78, 5) is 4.45. The Balaban J connectivity index is 1.96. The molecule has 1 aromatic heterocycles. The smallest absolute Gasteiger partial charge is 0.162 e. The molecule has 7 heteroatoms. The van der Waals surface area contributed by atoms with Crippen LogP contribution in [0.15, 0.2) is 18.2 Å². The van der Waals surface area contributed by atoms with Crippen LogP contribution in [-0.2, 0) is 7.05 Å². The number of ether oxygens (including phenoxy) is 1. The zero-order chi connectivity index (χ0) is 15.1. The van der Waals surface area contributed by atoms with Gasteiger partial charge in [-0.15, -0.1) is 11.8 Å². The number of benzene rings is 1. The Bertz CT molecular complexity index is 660. The monoisotopic (exact) mass is 310 g/mol. The lowest BCUT2D eigenvalue weighted by Crippen LogP contribution is -2.51. The molecule has 0 amide bonds. The Labute approximate surface area is 126 Å². The number of hydrogen-bond donors (Lipinski definition) is 3. The number of imidazole rings is 1. The molecule has 2 aromatic rings. The summed E-state index contributed by atoms with van der Waals surface area (Å²) < 4.78 is 7.72. The van der Waals surface area contributed by atoms with Gasteiger partial charge in [0, 0.05) is 12.8 Å². The number of aromatic nitrogens is 2. The largest absolute Gasteiger partial charge is 0.482 e. The molecule has 1 aromatic carbocycles. The van der Waals surface area contributed by atoms with E-state index >= 15 is 0 Å². The van der Waals surface area contributed by atoms with E-state index in [0.717, 1.165) is 11.3 Å². The van der Waals surface area contributed by atoms with Gasteiger partial charge in [0.15, 0.2) is 6.10 Å². The average Bonchev–Trinajstić information content (AvgIpc) is 2.76. The quantitative estimate of drug-likeness (QED) is 0.745. The number of thioether (sulfide) groups is 1. The molecule has 0 saturated carbocycles. The van der Waals surface area contributed by atoms with Crippen molar-refractivity contribution in [3.8, 4) is 5.75 Å². The number of fused-ring (bicyclic) bond motifs is 1. The lowest BCUT2D eigenvalue weighted by molar-refractivity contribution is -0.0716. The van der Waals surface area contributed by atoms with Gasteiger partial charge >= 0.3 is 0 Å². The van der Waals surface area contributed by atoms with E-state index in [4.69, 9.17) is 4.74 Å². The highest BCUT2D eigenvalue weighted by atomic mass is 32.2. The number of nitrogens with zero attached hydrogens (tertiary/aromatic N) is 2. The third-order valence-electron chi connectivity index (χ3n) is 3.81. The van der Waals surface area contributed by atoms with Gasteiger partial charge in [-0.2, -0.15) is 0 Å². The molecule has 0 aliphatic carbocycles. The standard InChI is InChI=1S/C14H18N2O4S/c1-7-15-11-8(16(7)2)4-3-5-10(11)20-13-12(18)9(17)6-21-14(13)19/h3-5,9,12-14,17-19H,6H2,1-2H3/t9-,12+,13-,14-/m1/s1. The maximum Gasteiger partial charge on any atom is 0.162 e. The Morgan fingerprint density at radius 3 is 2.86 bits per heavy atom. The van der Waals surface area contributed by atoms with Crippen LogP contribution in [0, 0.1) is 6.92 Å². The second-order valence-electron chi connectivity index (χ2n) is 5.21. The van der Waals surface area contributed by atoms with E-state index in [1.807, 2.05) is 30.7 Å². The molecule has 1 saturated heterocycles. The fourth-order valence-electron chi connectivity index (χ4n) is 2.45. The summed E-state index contributed by atoms with van der Waals surface area (Å²) in [5.41, 5.74) is 0.711. The predicted octanol–water partition coefficient (Wildman–Crippen LogP) is 0.416. The van der Waals surface area contributed by atoms with Crippen LogP contribution in [-0.4, -0.2) is 54.4 Å². The number of aliphatic hydroxyl groups is 3. The van der Waals surface area contributed by atoms with Gasteiger partial charge < -0.3 is 24.6 Å². The maximum absolute atomic E-state index is 10.0. The van der Waals surface area contributed by atoms with Crippen molar-refractivity contribution >= 4 is 22.8 Å². The molecule has 1 aliphatic rings. The summed E-state index contributed by atoms with van der Waals surface area (Å²) in [6.45, 7) is 1.90. The Kier molecular flexibility index (Phi) is 3.83. The number of hydrogen-bond acceptors (Lipinski definition) is 6. The van der Waals surface area contributed by atoms with E-state index in [9.17, 15) is 15.3 Å². The molecule has 21 heavy (non-hydrogen) atoms. The van der Waals surface area contributed by atoms with Crippen LogP contribution >= 0.6 is 11.8 Å². The van der Waals surface area contributed by atoms with Crippen LogP contribution in [0.4, 0.5) is 0 Å². The van der Waals surface area contributed by atoms with Gasteiger partial charge in [0.1, 0.15) is 28.6 Å². The van der Waals surface area contributed by atoms with Gasteiger partial charge in [-0.05, 0) is 19.1 Å². The van der Waals surface area contributed by atoms with E-state index in [0.29, 0.717) is 11.3 Å². The first-order chi connectivity index (χ1) is 9.99. The van der Waals surface area contributed by atoms with Crippen molar-refractivity contribution in [1.82, 2.24) is 9.55 Å². The fourth-order valence-corrected chi connectivity index (χ4v) is 3.45. The second kappa shape index (κ2) is 5.49. The zero-order valence-corrected chi connectivity index (χ0v) is 12.6. The minimum atomic E-state index is -1.12. The number of aryl methyl sites for hydroxylation is 2. The summed E-state index contributed by atoms with van der Waals surface area (Å²) in [6.07, 6.45) is -2.92. The highest BCUT2D eigenvalue weighted by Crippen LogP contribution is 2.31. The van der Waals surface area contributed by atoms with Gasteiger partial charge in [0.05, 0.1) is 11.6 Å². The van der Waals surface area contributed by atoms with E-state index in [2.05, 4.69) is 4.98 Å². The highest BCUT2D eigenvalue weighted by molar-refractivity contribution is 7.99. The van der Waals surface area contributed by atoms with Gasteiger partial charge in [0.25, 0.3) is 0 Å². The van der Waals surface area contributed by atoms with Crippen LogP contribution in [0.25, 0.3) is 11.0 Å². The van der Waals surface area contributed by atoms with Crippen LogP contribution in [0.5, 0.6) is 5.75 Å². The molecule has 2 heterocycles. The van der Waals surface area contributed by atoms with Crippen molar-refractivity contribution in [2.24, 2.45) is 7.05 Å². The minimum absolute atomic E-state index is 0.287. The minimum Gasteiger partial charge on any atom is -0.482 e. The molecule has 3 rings (SSSR count). The first-order valence-corrected chi connectivity index (χ1v) is 7.78. The third-order valence-corrected chi connectivity index (χ3v) is 4.95. The molecule has 0 bridgehead atoms. The van der Waals surface area contributed by atoms with Crippen molar-refractivity contribution in [1.29, 1.82) is 0 Å². The molecule has 0 spiro atoms. The molecule has 4 atom stereocenters. The third kappa shape index (κ3) is 2.50. The van der Waals surface area contributed by atoms with E-state index < -0.39 is 23.7 Å². The first kappa shape index (κ1) is 14.6. The van der Waals surface area contributed by atoms with Crippen LogP contribution in [0.3, 0.4) is 0 Å². The Hall–Kier alpha value is -1.28. The molecule has 1 fully saturated rings. The molecule has 0 radical (unpaired) electrons. The SMILES string of the molecule is Cc1nc2c(O[C@@H]3[C@@H](O)[C@H](O)CS[C@H]3O)cccc2n1C. The summed E-state index contributed by atoms with van der Waals surface area (Å²) in [7, 11) is 1.92. The van der Waals surface area contributed by atoms with Crippen LogP contribution in [0.1, 0.15) is 5.82 Å². The molecule has 114 valence electrons. The Morgan fingerprint density at radius 2 is 2.10 bits per heavy atom. The van der Waals surface area contributed by atoms with Crippen LogP contribution < -0.4 is 4.74 Å². The van der Waals surface area contributed by atoms with Gasteiger partial charge in [0.2, 0.25) is 0 Å². The van der Waals surface area contributed by atoms with Crippen molar-refractivity contribution in [3.63, 3.8) is 0 Å². The zero-order valence-electron chi connectivity index (χ0n) is 11.8. The van der Waals surface area contributed by atoms with Crippen LogP contribution in [0.2, 0.25) is 0 Å². The first-order valence-electron chi connectivity index (χ1n) is 6.73. The number of rotatable bonds is 2. The van der Waals surface area contributed by atoms with E-state index in [-0.39, 0.29) is 5.75 Å². The topological polar surface area (TPSA) is 87.7 Å². The van der Waals surface area contributed by atoms with Gasteiger partial charge in [-0.3, -0.25) is 0 Å². The van der Waals surface area contributed by atoms with Crippen molar-refractivity contribution in [2.45, 2.75) is 30.7 Å². The van der Waals surface area contributed by atoms with Crippen molar-refractivity contribution in [3.05, 3.63) is 24.0 Å². The van der Waals surface area contributed by atoms with Crippen molar-refractivity contribution in [2.75, 3.05) is 5.75 Å². The summed E-state index contributed by atoms with van der Waals surface area (Å²) in [6, 6.07) is 5.52. The molecule has 3 N–H and O–H groups in total. The molecular weight excluding hydrogens is 292 g/mol. The molecule has 0 unspecified atom stereocenters. The van der Waals surface area contributed by atoms with E-state index in [1.165, 1.54) is 11.8 Å². The summed E-state index contributed by atoms with van der Waals surface area (Å²) in [5.74, 6) is 1.63. The highest BCUT2D eigenvalue weighted by Gasteiger charge is 2.39. The average molecular weight is 310 g/mol. The van der Waals surface area contributed by atoms with E-state index in [1.54, 1.807) is 6.07 Å². The second-order valence-corrected chi connectivity index (χ2v) is 6.36. The maximum atomic E-state index is 10.0. The molecule has 1 aliphatic heterocycles. The van der Waals surface area contributed by atoms with Crippen molar-refractivity contribution < 1.29 is 20.1 Å². The Morgan fingerprint density at radius 1 is 1.33 bits per heavy atom. The molecule has 6 nitrogen and oxygen atoms in total. The lowest BCUT2D eigenvalue weighted by Gasteiger charge is -2.35. The van der Waals surface area contributed by atoms with Gasteiger partial charge in [-0.1, -0.05) is 6.07 Å². The number of para-hydroxylation sites is 1. The number of aliphatic hydroxyl groups excluding tert-OH is 3. The predicted molar refractivity (Wildman–Crippen MR) is 80.3 cm³/mol.